The second kappa shape index (κ2) is 6.83. The lowest BCUT2D eigenvalue weighted by atomic mass is 9.94. The summed E-state index contributed by atoms with van der Waals surface area (Å²) in [6, 6.07) is 6.15. The smallest absolute Gasteiger partial charge is 0.231 e. The predicted molar refractivity (Wildman–Crippen MR) is 78.0 cm³/mol. The lowest BCUT2D eigenvalue weighted by molar-refractivity contribution is 0.174. The maximum Gasteiger partial charge on any atom is 0.231 e. The van der Waals surface area contributed by atoms with Crippen molar-refractivity contribution in [1.82, 2.24) is 5.32 Å². The molecule has 1 aromatic carbocycles. The lowest BCUT2D eigenvalue weighted by Gasteiger charge is -2.18. The predicted octanol–water partition coefficient (Wildman–Crippen LogP) is 3.28. The highest BCUT2D eigenvalue weighted by Crippen LogP contribution is 2.32. The molecule has 0 radical (unpaired) electrons. The molecule has 0 fully saturated rings. The number of allylic oxidation sites excluding steroid dienone is 2. The second-order valence-electron chi connectivity index (χ2n) is 4.97. The molecule has 0 amide bonds. The third-order valence-electron chi connectivity index (χ3n) is 3.58. The number of benzene rings is 1. The largest absolute Gasteiger partial charge is 0.454 e. The van der Waals surface area contributed by atoms with Crippen LogP contribution in [0.3, 0.4) is 0 Å². The van der Waals surface area contributed by atoms with Crippen LogP contribution in [0, 0.1) is 5.92 Å². The van der Waals surface area contributed by atoms with Crippen molar-refractivity contribution >= 4 is 12.4 Å². The van der Waals surface area contributed by atoms with Gasteiger partial charge in [0.2, 0.25) is 6.79 Å². The number of fused-ring (bicyclic) bond motifs is 1. The third kappa shape index (κ3) is 3.64. The summed E-state index contributed by atoms with van der Waals surface area (Å²) in [6.45, 7) is 2.34. The van der Waals surface area contributed by atoms with E-state index in [-0.39, 0.29) is 12.4 Å². The van der Waals surface area contributed by atoms with Crippen LogP contribution in [0.5, 0.6) is 11.5 Å². The first kappa shape index (κ1) is 14.2. The topological polar surface area (TPSA) is 30.5 Å². The number of ether oxygens (including phenoxy) is 2. The zero-order valence-electron chi connectivity index (χ0n) is 10.9. The number of halogens is 1. The highest BCUT2D eigenvalue weighted by molar-refractivity contribution is 5.85. The Morgan fingerprint density at radius 1 is 1.16 bits per heavy atom. The Hall–Kier alpha value is -1.19. The Morgan fingerprint density at radius 3 is 2.89 bits per heavy atom. The summed E-state index contributed by atoms with van der Waals surface area (Å²) in [5.74, 6) is 2.52. The fourth-order valence-corrected chi connectivity index (χ4v) is 2.51. The molecular formula is C15H20ClNO2. The van der Waals surface area contributed by atoms with Gasteiger partial charge in [-0.1, -0.05) is 18.2 Å². The van der Waals surface area contributed by atoms with Crippen LogP contribution >= 0.6 is 12.4 Å². The van der Waals surface area contributed by atoms with Crippen LogP contribution in [0.15, 0.2) is 30.4 Å². The highest BCUT2D eigenvalue weighted by atomic mass is 35.5. The van der Waals surface area contributed by atoms with Crippen molar-refractivity contribution in [2.24, 2.45) is 5.92 Å². The molecule has 1 atom stereocenters. The van der Waals surface area contributed by atoms with Crippen LogP contribution in [0.4, 0.5) is 0 Å². The van der Waals surface area contributed by atoms with Crippen LogP contribution in [0.25, 0.3) is 0 Å². The van der Waals surface area contributed by atoms with E-state index >= 15 is 0 Å². The molecule has 19 heavy (non-hydrogen) atoms. The number of hydrogen-bond acceptors (Lipinski definition) is 3. The van der Waals surface area contributed by atoms with Crippen molar-refractivity contribution in [3.05, 3.63) is 35.9 Å². The van der Waals surface area contributed by atoms with Crippen LogP contribution in [0.1, 0.15) is 24.8 Å². The van der Waals surface area contributed by atoms with Crippen LogP contribution in [-0.4, -0.2) is 13.3 Å². The molecule has 0 spiro atoms. The molecule has 2 aliphatic rings. The minimum absolute atomic E-state index is 0. The van der Waals surface area contributed by atoms with E-state index in [9.17, 15) is 0 Å². The Kier molecular flexibility index (Phi) is 5.11. The van der Waals surface area contributed by atoms with E-state index in [1.165, 1.54) is 24.8 Å². The van der Waals surface area contributed by atoms with Crippen molar-refractivity contribution in [2.75, 3.05) is 13.3 Å². The molecule has 1 aliphatic heterocycles. The highest BCUT2D eigenvalue weighted by Gasteiger charge is 2.13. The first-order chi connectivity index (χ1) is 8.92. The van der Waals surface area contributed by atoms with E-state index in [0.717, 1.165) is 30.5 Å². The van der Waals surface area contributed by atoms with E-state index in [1.54, 1.807) is 0 Å². The summed E-state index contributed by atoms with van der Waals surface area (Å²) < 4.78 is 10.7. The molecule has 1 aromatic rings. The van der Waals surface area contributed by atoms with Gasteiger partial charge in [-0.15, -0.1) is 12.4 Å². The summed E-state index contributed by atoms with van der Waals surface area (Å²) in [6.07, 6.45) is 8.35. The minimum atomic E-state index is 0. The van der Waals surface area contributed by atoms with Gasteiger partial charge in [-0.2, -0.15) is 0 Å². The zero-order chi connectivity index (χ0) is 12.2. The van der Waals surface area contributed by atoms with Gasteiger partial charge in [-0.25, -0.2) is 0 Å². The Balaban J connectivity index is 0.00000133. The second-order valence-corrected chi connectivity index (χ2v) is 4.97. The molecule has 1 aliphatic carbocycles. The van der Waals surface area contributed by atoms with E-state index in [0.29, 0.717) is 6.79 Å². The van der Waals surface area contributed by atoms with Gasteiger partial charge < -0.3 is 14.8 Å². The monoisotopic (exact) mass is 281 g/mol. The summed E-state index contributed by atoms with van der Waals surface area (Å²) in [5.41, 5.74) is 1.26. The van der Waals surface area contributed by atoms with Crippen LogP contribution < -0.4 is 14.8 Å². The number of nitrogens with one attached hydrogen (secondary N) is 1. The SMILES string of the molecule is C1=CCC(CNCc2ccc3c(c2)OCO3)CC1.Cl. The fraction of sp³-hybridized carbons (Fsp3) is 0.467. The molecule has 104 valence electrons. The lowest BCUT2D eigenvalue weighted by Crippen LogP contribution is -2.23. The summed E-state index contributed by atoms with van der Waals surface area (Å²) in [7, 11) is 0. The van der Waals surface area contributed by atoms with Gasteiger partial charge in [0.1, 0.15) is 0 Å². The summed E-state index contributed by atoms with van der Waals surface area (Å²) in [4.78, 5) is 0. The van der Waals surface area contributed by atoms with Crippen molar-refractivity contribution < 1.29 is 9.47 Å². The molecule has 3 rings (SSSR count). The van der Waals surface area contributed by atoms with Gasteiger partial charge in [0.25, 0.3) is 0 Å². The van der Waals surface area contributed by atoms with Gasteiger partial charge in [0.15, 0.2) is 11.5 Å². The molecular weight excluding hydrogens is 262 g/mol. The van der Waals surface area contributed by atoms with Gasteiger partial charge in [-0.05, 0) is 49.4 Å². The van der Waals surface area contributed by atoms with Gasteiger partial charge >= 0.3 is 0 Å². The molecule has 0 bridgehead atoms. The van der Waals surface area contributed by atoms with E-state index in [1.807, 2.05) is 6.07 Å². The Labute approximate surface area is 120 Å². The van der Waals surface area contributed by atoms with Gasteiger partial charge in [0.05, 0.1) is 0 Å². The summed E-state index contributed by atoms with van der Waals surface area (Å²) in [5, 5.41) is 3.53. The average molecular weight is 282 g/mol. The standard InChI is InChI=1S/C15H19NO2.ClH/c1-2-4-12(5-3-1)9-16-10-13-6-7-14-15(8-13)18-11-17-14;/h1-2,6-8,12,16H,3-5,9-11H2;1H. The molecule has 0 aromatic heterocycles. The van der Waals surface area contributed by atoms with E-state index < -0.39 is 0 Å². The molecule has 0 saturated heterocycles. The first-order valence-electron chi connectivity index (χ1n) is 6.66. The van der Waals surface area contributed by atoms with Crippen molar-refractivity contribution in [2.45, 2.75) is 25.8 Å². The van der Waals surface area contributed by atoms with Crippen molar-refractivity contribution in [1.29, 1.82) is 0 Å². The maximum atomic E-state index is 5.38. The number of hydrogen-bond donors (Lipinski definition) is 1. The third-order valence-corrected chi connectivity index (χ3v) is 3.58. The average Bonchev–Trinajstić information content (AvgIpc) is 2.87. The van der Waals surface area contributed by atoms with Crippen molar-refractivity contribution in [3.8, 4) is 11.5 Å². The molecule has 1 heterocycles. The van der Waals surface area contributed by atoms with Crippen LogP contribution in [0.2, 0.25) is 0 Å². The molecule has 1 unspecified atom stereocenters. The summed E-state index contributed by atoms with van der Waals surface area (Å²) >= 11 is 0. The molecule has 3 nitrogen and oxygen atoms in total. The van der Waals surface area contributed by atoms with E-state index in [2.05, 4.69) is 29.6 Å². The van der Waals surface area contributed by atoms with Crippen molar-refractivity contribution in [3.63, 3.8) is 0 Å². The van der Waals surface area contributed by atoms with E-state index in [4.69, 9.17) is 9.47 Å². The minimum Gasteiger partial charge on any atom is -0.454 e. The molecule has 4 heteroatoms. The zero-order valence-corrected chi connectivity index (χ0v) is 11.7. The quantitative estimate of drug-likeness (QED) is 0.859. The number of rotatable bonds is 4. The fourth-order valence-electron chi connectivity index (χ4n) is 2.51. The van der Waals surface area contributed by atoms with Crippen LogP contribution in [-0.2, 0) is 6.54 Å². The Bertz CT molecular complexity index is 448. The first-order valence-corrected chi connectivity index (χ1v) is 6.66. The molecule has 0 saturated carbocycles. The normalized spacial score (nSPS) is 20.1. The molecule has 1 N–H and O–H groups in total. The van der Waals surface area contributed by atoms with Gasteiger partial charge in [0, 0.05) is 6.54 Å². The van der Waals surface area contributed by atoms with Gasteiger partial charge in [-0.3, -0.25) is 0 Å². The Morgan fingerprint density at radius 2 is 2.05 bits per heavy atom. The maximum absolute atomic E-state index is 5.38.